The molecule has 2 rings (SSSR count). The number of anilines is 1. The van der Waals surface area contributed by atoms with E-state index in [-0.39, 0.29) is 0 Å². The van der Waals surface area contributed by atoms with E-state index >= 15 is 0 Å². The van der Waals surface area contributed by atoms with E-state index in [1.54, 1.807) is 13.0 Å². The highest BCUT2D eigenvalue weighted by Gasteiger charge is 2.32. The molecule has 0 amide bonds. The lowest BCUT2D eigenvalue weighted by molar-refractivity contribution is -0.139. The number of rotatable bonds is 4. The van der Waals surface area contributed by atoms with Crippen LogP contribution in [0.15, 0.2) is 6.07 Å². The highest BCUT2D eigenvalue weighted by atomic mass is 16.5. The van der Waals surface area contributed by atoms with Gasteiger partial charge in [-0.2, -0.15) is 4.98 Å². The number of nitrogens with zero attached hydrogens (tertiary/aromatic N) is 3. The molecule has 2 heterocycles. The minimum atomic E-state index is -0.800. The number of aliphatic carboxylic acids is 1. The van der Waals surface area contributed by atoms with E-state index in [4.69, 9.17) is 4.74 Å². The minimum absolute atomic E-state index is 0.418. The first-order chi connectivity index (χ1) is 9.51. The zero-order chi connectivity index (χ0) is 14.7. The second-order valence-corrected chi connectivity index (χ2v) is 5.22. The van der Waals surface area contributed by atoms with Gasteiger partial charge in [-0.05, 0) is 32.6 Å². The molecule has 1 aromatic heterocycles. The van der Waals surface area contributed by atoms with Crippen LogP contribution >= 0.6 is 0 Å². The Bertz CT molecular complexity index is 493. The smallest absolute Gasteiger partial charge is 0.326 e. The quantitative estimate of drug-likeness (QED) is 0.907. The molecular formula is C14H21N3O3. The maximum Gasteiger partial charge on any atom is 0.326 e. The normalized spacial score (nSPS) is 22.6. The summed E-state index contributed by atoms with van der Waals surface area (Å²) in [6.07, 6.45) is 1.61. The molecule has 0 aliphatic carbocycles. The van der Waals surface area contributed by atoms with Crippen molar-refractivity contribution in [1.82, 2.24) is 9.97 Å². The second-order valence-electron chi connectivity index (χ2n) is 5.22. The average Bonchev–Trinajstić information content (AvgIpc) is 2.38. The van der Waals surface area contributed by atoms with Crippen LogP contribution in [0.3, 0.4) is 0 Å². The third kappa shape index (κ3) is 3.18. The van der Waals surface area contributed by atoms with Gasteiger partial charge in [0.1, 0.15) is 17.7 Å². The monoisotopic (exact) mass is 279 g/mol. The molecule has 2 unspecified atom stereocenters. The lowest BCUT2D eigenvalue weighted by Crippen LogP contribution is -2.47. The lowest BCUT2D eigenvalue weighted by atomic mass is 9.92. The molecule has 1 aliphatic heterocycles. The molecule has 0 aromatic carbocycles. The summed E-state index contributed by atoms with van der Waals surface area (Å²) < 4.78 is 5.41. The molecule has 1 aromatic rings. The van der Waals surface area contributed by atoms with Crippen LogP contribution in [0.2, 0.25) is 0 Å². The van der Waals surface area contributed by atoms with Gasteiger partial charge < -0.3 is 14.7 Å². The first-order valence-electron chi connectivity index (χ1n) is 6.99. The van der Waals surface area contributed by atoms with Crippen molar-refractivity contribution in [2.75, 3.05) is 18.1 Å². The number of hydrogen-bond acceptors (Lipinski definition) is 5. The van der Waals surface area contributed by atoms with E-state index in [1.165, 1.54) is 0 Å². The maximum atomic E-state index is 11.5. The Labute approximate surface area is 118 Å². The van der Waals surface area contributed by atoms with Crippen LogP contribution in [-0.2, 0) is 4.79 Å². The van der Waals surface area contributed by atoms with Crippen molar-refractivity contribution in [2.24, 2.45) is 5.92 Å². The highest BCUT2D eigenvalue weighted by Crippen LogP contribution is 2.28. The predicted octanol–water partition coefficient (Wildman–Crippen LogP) is 1.87. The first kappa shape index (κ1) is 14.6. The van der Waals surface area contributed by atoms with Crippen molar-refractivity contribution in [2.45, 2.75) is 39.7 Å². The summed E-state index contributed by atoms with van der Waals surface area (Å²) in [6, 6.07) is 1.20. The first-order valence-corrected chi connectivity index (χ1v) is 6.99. The number of aromatic nitrogens is 2. The Morgan fingerprint density at radius 2 is 2.30 bits per heavy atom. The molecule has 110 valence electrons. The van der Waals surface area contributed by atoms with Crippen LogP contribution in [0.1, 0.15) is 32.5 Å². The molecule has 1 aliphatic rings. The van der Waals surface area contributed by atoms with Crippen LogP contribution < -0.4 is 9.64 Å². The van der Waals surface area contributed by atoms with Crippen LogP contribution in [-0.4, -0.2) is 40.2 Å². The van der Waals surface area contributed by atoms with Crippen molar-refractivity contribution in [3.8, 4) is 5.88 Å². The molecule has 0 spiro atoms. The Morgan fingerprint density at radius 1 is 1.55 bits per heavy atom. The van der Waals surface area contributed by atoms with Crippen molar-refractivity contribution >= 4 is 11.8 Å². The molecule has 1 fully saturated rings. The average molecular weight is 279 g/mol. The summed E-state index contributed by atoms with van der Waals surface area (Å²) >= 11 is 0. The van der Waals surface area contributed by atoms with Gasteiger partial charge in [-0.3, -0.25) is 0 Å². The van der Waals surface area contributed by atoms with Crippen LogP contribution in [0.25, 0.3) is 0 Å². The van der Waals surface area contributed by atoms with Crippen LogP contribution in [0.5, 0.6) is 5.88 Å². The summed E-state index contributed by atoms with van der Waals surface area (Å²) in [6.45, 7) is 6.98. The minimum Gasteiger partial charge on any atom is -0.480 e. The van der Waals surface area contributed by atoms with E-state index in [2.05, 4.69) is 16.9 Å². The largest absolute Gasteiger partial charge is 0.480 e. The van der Waals surface area contributed by atoms with Crippen LogP contribution in [0, 0.1) is 12.8 Å². The van der Waals surface area contributed by atoms with E-state index in [9.17, 15) is 9.90 Å². The van der Waals surface area contributed by atoms with Gasteiger partial charge in [-0.25, -0.2) is 9.78 Å². The summed E-state index contributed by atoms with van der Waals surface area (Å²) in [4.78, 5) is 21.9. The fraction of sp³-hybridized carbons (Fsp3) is 0.643. The number of carbonyl (C=O) groups is 1. The Kier molecular flexibility index (Phi) is 4.42. The number of ether oxygens (including phenoxy) is 1. The fourth-order valence-corrected chi connectivity index (χ4v) is 2.54. The maximum absolute atomic E-state index is 11.5. The summed E-state index contributed by atoms with van der Waals surface area (Å²) in [5.74, 6) is 1.35. The van der Waals surface area contributed by atoms with Gasteiger partial charge in [0.05, 0.1) is 6.61 Å². The third-order valence-electron chi connectivity index (χ3n) is 3.54. The molecule has 6 nitrogen and oxygen atoms in total. The molecule has 1 saturated heterocycles. The van der Waals surface area contributed by atoms with Gasteiger partial charge in [-0.1, -0.05) is 6.92 Å². The van der Waals surface area contributed by atoms with Gasteiger partial charge in [0.25, 0.3) is 0 Å². The second kappa shape index (κ2) is 6.07. The van der Waals surface area contributed by atoms with Crippen molar-refractivity contribution < 1.29 is 14.6 Å². The Morgan fingerprint density at radius 3 is 2.95 bits per heavy atom. The summed E-state index contributed by atoms with van der Waals surface area (Å²) in [5, 5.41) is 9.41. The van der Waals surface area contributed by atoms with Crippen molar-refractivity contribution in [1.29, 1.82) is 0 Å². The fourth-order valence-electron chi connectivity index (χ4n) is 2.54. The number of carboxylic acid groups (broad SMARTS) is 1. The van der Waals surface area contributed by atoms with Gasteiger partial charge in [0, 0.05) is 12.6 Å². The molecule has 0 radical (unpaired) electrons. The zero-order valence-electron chi connectivity index (χ0n) is 12.2. The van der Waals surface area contributed by atoms with Gasteiger partial charge >= 0.3 is 5.97 Å². The Balaban J connectivity index is 2.30. The number of piperidine rings is 1. The predicted molar refractivity (Wildman–Crippen MR) is 75.1 cm³/mol. The van der Waals surface area contributed by atoms with Crippen molar-refractivity contribution in [3.63, 3.8) is 0 Å². The van der Waals surface area contributed by atoms with Crippen molar-refractivity contribution in [3.05, 3.63) is 11.9 Å². The van der Waals surface area contributed by atoms with Gasteiger partial charge in [0.2, 0.25) is 5.88 Å². The summed E-state index contributed by atoms with van der Waals surface area (Å²) in [7, 11) is 0. The van der Waals surface area contributed by atoms with E-state index in [0.717, 1.165) is 6.42 Å². The summed E-state index contributed by atoms with van der Waals surface area (Å²) in [5.41, 5.74) is 0. The van der Waals surface area contributed by atoms with E-state index < -0.39 is 12.0 Å². The topological polar surface area (TPSA) is 75.5 Å². The number of hydrogen-bond donors (Lipinski definition) is 1. The number of aryl methyl sites for hydroxylation is 1. The molecule has 0 saturated carbocycles. The SMILES string of the molecule is CCOc1cc(N2CCC(C)CC2C(=O)O)nc(C)n1. The highest BCUT2D eigenvalue weighted by molar-refractivity contribution is 5.78. The zero-order valence-corrected chi connectivity index (χ0v) is 12.2. The molecule has 6 heteroatoms. The van der Waals surface area contributed by atoms with Crippen LogP contribution in [0.4, 0.5) is 5.82 Å². The standard InChI is InChI=1S/C14H21N3O3/c1-4-20-13-8-12(15-10(3)16-13)17-6-5-9(2)7-11(17)14(18)19/h8-9,11H,4-7H2,1-3H3,(H,18,19). The van der Waals surface area contributed by atoms with E-state index in [0.29, 0.717) is 43.0 Å². The molecule has 20 heavy (non-hydrogen) atoms. The molecule has 2 atom stereocenters. The molecule has 0 bridgehead atoms. The molecule has 1 N–H and O–H groups in total. The molecular weight excluding hydrogens is 258 g/mol. The third-order valence-corrected chi connectivity index (χ3v) is 3.54. The Hall–Kier alpha value is -1.85. The lowest BCUT2D eigenvalue weighted by Gasteiger charge is -2.36. The van der Waals surface area contributed by atoms with Gasteiger partial charge in [0.15, 0.2) is 0 Å². The van der Waals surface area contributed by atoms with Gasteiger partial charge in [-0.15, -0.1) is 0 Å². The van der Waals surface area contributed by atoms with E-state index in [1.807, 2.05) is 11.8 Å². The number of carboxylic acids is 1.